The van der Waals surface area contributed by atoms with E-state index in [-0.39, 0.29) is 11.4 Å². The Morgan fingerprint density at radius 3 is 2.11 bits per heavy atom. The third-order valence-electron chi connectivity index (χ3n) is 4.47. The number of non-ortho nitro benzene ring substituents is 2. The zero-order valence-electron chi connectivity index (χ0n) is 14.6. The van der Waals surface area contributed by atoms with Gasteiger partial charge in [-0.2, -0.15) is 5.10 Å². The zero-order chi connectivity index (χ0) is 19.7. The molecule has 4 rings (SSSR count). The highest BCUT2D eigenvalue weighted by molar-refractivity contribution is 5.94. The lowest BCUT2D eigenvalue weighted by atomic mass is 10.1. The van der Waals surface area contributed by atoms with Crippen LogP contribution in [0.5, 0.6) is 0 Å². The maximum absolute atomic E-state index is 11.2. The van der Waals surface area contributed by atoms with Crippen molar-refractivity contribution in [1.29, 1.82) is 0 Å². The molecule has 0 atom stereocenters. The number of nitrogens with zero attached hydrogens (tertiary/aromatic N) is 4. The molecule has 1 heterocycles. The summed E-state index contributed by atoms with van der Waals surface area (Å²) in [5.74, 6) is 0. The van der Waals surface area contributed by atoms with Crippen molar-refractivity contribution in [3.63, 3.8) is 0 Å². The molecule has 0 aliphatic heterocycles. The van der Waals surface area contributed by atoms with Crippen LogP contribution in [0.15, 0.2) is 72.8 Å². The Morgan fingerprint density at radius 2 is 1.46 bits per heavy atom. The van der Waals surface area contributed by atoms with E-state index in [0.717, 1.165) is 16.6 Å². The van der Waals surface area contributed by atoms with E-state index in [1.54, 1.807) is 22.9 Å². The number of hydrogen-bond donors (Lipinski definition) is 0. The molecule has 0 amide bonds. The summed E-state index contributed by atoms with van der Waals surface area (Å²) in [6.45, 7) is 0.388. The molecule has 0 bridgehead atoms. The normalized spacial score (nSPS) is 10.9. The number of nitro groups is 2. The van der Waals surface area contributed by atoms with Gasteiger partial charge < -0.3 is 0 Å². The number of fused-ring (bicyclic) bond motifs is 1. The first-order valence-corrected chi connectivity index (χ1v) is 8.46. The Balaban J connectivity index is 1.82. The molecule has 0 spiro atoms. The summed E-state index contributed by atoms with van der Waals surface area (Å²) < 4.78 is 1.75. The second-order valence-corrected chi connectivity index (χ2v) is 6.25. The Morgan fingerprint density at radius 1 is 0.821 bits per heavy atom. The lowest BCUT2D eigenvalue weighted by Crippen LogP contribution is -2.02. The number of hydrogen-bond acceptors (Lipinski definition) is 5. The minimum Gasteiger partial charge on any atom is -0.260 e. The molecule has 0 N–H and O–H groups in total. The summed E-state index contributed by atoms with van der Waals surface area (Å²) in [7, 11) is 0. The molecule has 0 fully saturated rings. The van der Waals surface area contributed by atoms with Crippen molar-refractivity contribution in [2.24, 2.45) is 0 Å². The van der Waals surface area contributed by atoms with E-state index in [1.165, 1.54) is 24.3 Å². The van der Waals surface area contributed by atoms with Crippen LogP contribution in [0.1, 0.15) is 5.56 Å². The lowest BCUT2D eigenvalue weighted by Gasteiger charge is -2.04. The van der Waals surface area contributed by atoms with Gasteiger partial charge in [-0.15, -0.1) is 0 Å². The quantitative estimate of drug-likeness (QED) is 0.376. The van der Waals surface area contributed by atoms with Gasteiger partial charge in [-0.3, -0.25) is 24.9 Å². The molecule has 3 aromatic carbocycles. The summed E-state index contributed by atoms with van der Waals surface area (Å²) in [6.07, 6.45) is 0. The predicted molar refractivity (Wildman–Crippen MR) is 104 cm³/mol. The molecular formula is C20H14N4O4. The predicted octanol–water partition coefficient (Wildman–Crippen LogP) is 4.57. The highest BCUT2D eigenvalue weighted by Gasteiger charge is 2.17. The maximum atomic E-state index is 11.2. The minimum absolute atomic E-state index is 0.000401. The van der Waals surface area contributed by atoms with E-state index in [0.29, 0.717) is 17.6 Å². The van der Waals surface area contributed by atoms with Crippen LogP contribution in [0.4, 0.5) is 11.4 Å². The highest BCUT2D eigenvalue weighted by Crippen LogP contribution is 2.31. The zero-order valence-corrected chi connectivity index (χ0v) is 14.6. The van der Waals surface area contributed by atoms with Crippen molar-refractivity contribution >= 4 is 22.3 Å². The molecule has 1 aromatic heterocycles. The van der Waals surface area contributed by atoms with Gasteiger partial charge in [0.25, 0.3) is 11.4 Å². The Labute approximate surface area is 159 Å². The smallest absolute Gasteiger partial charge is 0.260 e. The van der Waals surface area contributed by atoms with Gasteiger partial charge in [-0.05, 0) is 11.6 Å². The van der Waals surface area contributed by atoms with Gasteiger partial charge in [0.1, 0.15) is 5.69 Å². The highest BCUT2D eigenvalue weighted by atomic mass is 16.6. The van der Waals surface area contributed by atoms with Crippen LogP contribution in [0, 0.1) is 20.2 Å². The van der Waals surface area contributed by atoms with E-state index < -0.39 is 9.85 Å². The topological polar surface area (TPSA) is 104 Å². The molecule has 8 heteroatoms. The number of nitro benzene ring substituents is 2. The van der Waals surface area contributed by atoms with Crippen LogP contribution in [-0.2, 0) is 6.54 Å². The molecule has 4 aromatic rings. The molecule has 28 heavy (non-hydrogen) atoms. The summed E-state index contributed by atoms with van der Waals surface area (Å²) in [5, 5.41) is 27.4. The van der Waals surface area contributed by atoms with E-state index in [4.69, 9.17) is 0 Å². The largest absolute Gasteiger partial charge is 0.270 e. The fourth-order valence-corrected chi connectivity index (χ4v) is 3.11. The fraction of sp³-hybridized carbons (Fsp3) is 0.0500. The second-order valence-electron chi connectivity index (χ2n) is 6.25. The first-order chi connectivity index (χ1) is 13.5. The Kier molecular flexibility index (Phi) is 4.29. The van der Waals surface area contributed by atoms with Crippen molar-refractivity contribution in [2.45, 2.75) is 6.54 Å². The van der Waals surface area contributed by atoms with E-state index in [2.05, 4.69) is 5.10 Å². The average Bonchev–Trinajstić information content (AvgIpc) is 3.07. The van der Waals surface area contributed by atoms with Crippen LogP contribution in [0.2, 0.25) is 0 Å². The van der Waals surface area contributed by atoms with E-state index in [1.807, 2.05) is 30.3 Å². The Bertz CT molecular complexity index is 1180. The molecular weight excluding hydrogens is 360 g/mol. The van der Waals surface area contributed by atoms with E-state index >= 15 is 0 Å². The molecule has 138 valence electrons. The summed E-state index contributed by atoms with van der Waals surface area (Å²) in [6, 6.07) is 20.4. The maximum Gasteiger partial charge on any atom is 0.270 e. The summed E-state index contributed by atoms with van der Waals surface area (Å²) in [5.41, 5.74) is 3.13. The molecule has 8 nitrogen and oxygen atoms in total. The van der Waals surface area contributed by atoms with Gasteiger partial charge in [0.05, 0.1) is 21.9 Å². The van der Waals surface area contributed by atoms with Gasteiger partial charge in [0.2, 0.25) is 0 Å². The molecule has 0 saturated heterocycles. The van der Waals surface area contributed by atoms with Crippen molar-refractivity contribution in [2.75, 3.05) is 0 Å². The first kappa shape index (κ1) is 17.3. The summed E-state index contributed by atoms with van der Waals surface area (Å²) in [4.78, 5) is 21.2. The second kappa shape index (κ2) is 6.92. The van der Waals surface area contributed by atoms with Crippen molar-refractivity contribution in [3.05, 3.63) is 98.6 Å². The SMILES string of the molecule is O=[N+]([O-])c1ccc(Cn2nc(-c3ccccc3)c3cc([N+](=O)[O-])ccc32)cc1. The fourth-order valence-electron chi connectivity index (χ4n) is 3.11. The van der Waals surface area contributed by atoms with Gasteiger partial charge >= 0.3 is 0 Å². The number of benzene rings is 3. The van der Waals surface area contributed by atoms with Gasteiger partial charge in [0.15, 0.2) is 0 Å². The van der Waals surface area contributed by atoms with Gasteiger partial charge in [-0.1, -0.05) is 42.5 Å². The van der Waals surface area contributed by atoms with Crippen LogP contribution in [0.25, 0.3) is 22.2 Å². The lowest BCUT2D eigenvalue weighted by molar-refractivity contribution is -0.385. The standard InChI is InChI=1S/C20H14N4O4/c25-23(26)16-8-6-14(7-9-16)13-22-19-11-10-17(24(27)28)12-18(19)20(21-22)15-4-2-1-3-5-15/h1-12H,13H2. The first-order valence-electron chi connectivity index (χ1n) is 8.46. The third kappa shape index (κ3) is 3.18. The molecule has 0 aliphatic carbocycles. The molecule has 0 saturated carbocycles. The number of rotatable bonds is 5. The van der Waals surface area contributed by atoms with Gasteiger partial charge in [-0.25, -0.2) is 0 Å². The van der Waals surface area contributed by atoms with Crippen LogP contribution in [-0.4, -0.2) is 19.6 Å². The summed E-state index contributed by atoms with van der Waals surface area (Å²) >= 11 is 0. The number of aromatic nitrogens is 2. The van der Waals surface area contributed by atoms with Crippen LogP contribution >= 0.6 is 0 Å². The third-order valence-corrected chi connectivity index (χ3v) is 4.47. The molecule has 0 unspecified atom stereocenters. The van der Waals surface area contributed by atoms with Crippen molar-refractivity contribution in [3.8, 4) is 11.3 Å². The molecule has 0 aliphatic rings. The average molecular weight is 374 g/mol. The van der Waals surface area contributed by atoms with E-state index in [9.17, 15) is 20.2 Å². The van der Waals surface area contributed by atoms with Crippen LogP contribution in [0.3, 0.4) is 0 Å². The monoisotopic (exact) mass is 374 g/mol. The molecule has 0 radical (unpaired) electrons. The van der Waals surface area contributed by atoms with Crippen molar-refractivity contribution in [1.82, 2.24) is 9.78 Å². The minimum atomic E-state index is -0.445. The van der Waals surface area contributed by atoms with Gasteiger partial charge in [0, 0.05) is 35.2 Å². The Hall–Kier alpha value is -4.07. The van der Waals surface area contributed by atoms with Crippen LogP contribution < -0.4 is 0 Å². The van der Waals surface area contributed by atoms with Crippen molar-refractivity contribution < 1.29 is 9.85 Å².